The summed E-state index contributed by atoms with van der Waals surface area (Å²) in [6.45, 7) is 5.08. The van der Waals surface area contributed by atoms with Gasteiger partial charge in [0, 0.05) is 13.1 Å². The molecular formula is C20H22ClN5O2S. The highest BCUT2D eigenvalue weighted by atomic mass is 35.5. The fourth-order valence-electron chi connectivity index (χ4n) is 3.50. The maximum Gasteiger partial charge on any atom is 0.294 e. The largest absolute Gasteiger partial charge is 0.350 e. The summed E-state index contributed by atoms with van der Waals surface area (Å²) in [5.41, 5.74) is 1.26. The van der Waals surface area contributed by atoms with Gasteiger partial charge in [0.05, 0.1) is 5.69 Å². The zero-order chi connectivity index (χ0) is 20.5. The van der Waals surface area contributed by atoms with Gasteiger partial charge in [-0.25, -0.2) is 4.98 Å². The lowest BCUT2D eigenvalue weighted by atomic mass is 10.1. The number of carbonyl (C=O) groups is 1. The molecule has 9 heteroatoms. The van der Waals surface area contributed by atoms with Gasteiger partial charge in [-0.3, -0.25) is 9.59 Å². The summed E-state index contributed by atoms with van der Waals surface area (Å²) in [5, 5.41) is 8.16. The monoisotopic (exact) mass is 431 g/mol. The number of hydrogen-bond donors (Lipinski definition) is 1. The van der Waals surface area contributed by atoms with Crippen LogP contribution in [-0.2, 0) is 11.3 Å². The van der Waals surface area contributed by atoms with Crippen LogP contribution in [0.25, 0.3) is 4.96 Å². The molecule has 1 saturated heterocycles. The summed E-state index contributed by atoms with van der Waals surface area (Å²) in [6.07, 6.45) is 1.64. The van der Waals surface area contributed by atoms with Crippen molar-refractivity contribution in [2.75, 3.05) is 11.4 Å². The highest BCUT2D eigenvalue weighted by Gasteiger charge is 2.33. The molecule has 29 heavy (non-hydrogen) atoms. The van der Waals surface area contributed by atoms with Crippen LogP contribution in [0.2, 0.25) is 5.02 Å². The molecule has 1 aliphatic heterocycles. The average Bonchev–Trinajstić information content (AvgIpc) is 3.36. The highest BCUT2D eigenvalue weighted by molar-refractivity contribution is 7.20. The third-order valence-electron chi connectivity index (χ3n) is 5.03. The number of amides is 1. The Bertz CT molecular complexity index is 1100. The second-order valence-electron chi connectivity index (χ2n) is 7.40. The smallest absolute Gasteiger partial charge is 0.294 e. The first-order chi connectivity index (χ1) is 14.0. The van der Waals surface area contributed by atoms with Crippen molar-refractivity contribution in [3.8, 4) is 0 Å². The Morgan fingerprint density at radius 2 is 2.10 bits per heavy atom. The van der Waals surface area contributed by atoms with E-state index in [1.165, 1.54) is 15.9 Å². The van der Waals surface area contributed by atoms with Crippen molar-refractivity contribution >= 4 is 38.9 Å². The quantitative estimate of drug-likeness (QED) is 0.671. The number of fused-ring (bicyclic) bond motifs is 1. The van der Waals surface area contributed by atoms with Gasteiger partial charge < -0.3 is 10.2 Å². The lowest BCUT2D eigenvalue weighted by Crippen LogP contribution is -2.43. The van der Waals surface area contributed by atoms with Crippen molar-refractivity contribution in [3.05, 3.63) is 57.0 Å². The second kappa shape index (κ2) is 8.12. The molecule has 3 aromatic rings. The lowest BCUT2D eigenvalue weighted by molar-refractivity contribution is -0.122. The van der Waals surface area contributed by atoms with Crippen LogP contribution in [0.15, 0.2) is 35.1 Å². The molecule has 0 radical (unpaired) electrons. The first kappa shape index (κ1) is 19.8. The minimum absolute atomic E-state index is 0.0354. The van der Waals surface area contributed by atoms with Crippen LogP contribution in [-0.4, -0.2) is 33.1 Å². The molecule has 1 aliphatic rings. The van der Waals surface area contributed by atoms with E-state index < -0.39 is 0 Å². The Hall–Kier alpha value is -2.45. The molecule has 2 aromatic heterocycles. The van der Waals surface area contributed by atoms with E-state index in [4.69, 9.17) is 11.6 Å². The van der Waals surface area contributed by atoms with Crippen LogP contribution >= 0.6 is 22.9 Å². The Balaban J connectivity index is 1.58. The number of aromatic nitrogens is 3. The molecule has 3 heterocycles. The summed E-state index contributed by atoms with van der Waals surface area (Å²) in [4.78, 5) is 32.4. The zero-order valence-corrected chi connectivity index (χ0v) is 17.8. The number of anilines is 1. The van der Waals surface area contributed by atoms with Crippen molar-refractivity contribution in [1.29, 1.82) is 0 Å². The normalized spacial score (nSPS) is 16.7. The summed E-state index contributed by atoms with van der Waals surface area (Å²) in [7, 11) is 0. The van der Waals surface area contributed by atoms with E-state index in [-0.39, 0.29) is 28.4 Å². The Labute approximate surface area is 177 Å². The molecule has 152 valence electrons. The molecule has 1 atom stereocenters. The Morgan fingerprint density at radius 3 is 2.83 bits per heavy atom. The standard InChI is InChI=1S/C20H22ClN5O2S/c1-12(2)16-15(21)18(28)26-19(23-16)29-20(24-26)25-10-6-9-14(25)17(27)22-11-13-7-4-3-5-8-13/h3-5,7-8,12,14H,6,9-11H2,1-2H3,(H,22,27)/t14-/m1/s1. The summed E-state index contributed by atoms with van der Waals surface area (Å²) < 4.78 is 1.24. The van der Waals surface area contributed by atoms with Crippen LogP contribution < -0.4 is 15.8 Å². The molecule has 0 aliphatic carbocycles. The first-order valence-electron chi connectivity index (χ1n) is 9.63. The van der Waals surface area contributed by atoms with E-state index in [0.717, 1.165) is 18.4 Å². The van der Waals surface area contributed by atoms with Crippen molar-refractivity contribution in [3.63, 3.8) is 0 Å². The Morgan fingerprint density at radius 1 is 1.34 bits per heavy atom. The minimum Gasteiger partial charge on any atom is -0.350 e. The van der Waals surface area contributed by atoms with Crippen LogP contribution in [0.4, 0.5) is 5.13 Å². The predicted molar refractivity (Wildman–Crippen MR) is 115 cm³/mol. The molecule has 4 rings (SSSR count). The maximum absolute atomic E-state index is 12.8. The van der Waals surface area contributed by atoms with Gasteiger partial charge in [-0.15, -0.1) is 5.10 Å². The lowest BCUT2D eigenvalue weighted by Gasteiger charge is -2.22. The molecule has 1 aromatic carbocycles. The van der Waals surface area contributed by atoms with Gasteiger partial charge in [-0.05, 0) is 24.3 Å². The molecular weight excluding hydrogens is 410 g/mol. The van der Waals surface area contributed by atoms with Crippen molar-refractivity contribution in [2.45, 2.75) is 45.2 Å². The zero-order valence-electron chi connectivity index (χ0n) is 16.3. The van der Waals surface area contributed by atoms with Crippen molar-refractivity contribution < 1.29 is 4.79 Å². The fraction of sp³-hybridized carbons (Fsp3) is 0.400. The topological polar surface area (TPSA) is 79.6 Å². The van der Waals surface area contributed by atoms with Gasteiger partial charge in [0.1, 0.15) is 11.1 Å². The summed E-state index contributed by atoms with van der Waals surface area (Å²) >= 11 is 7.52. The van der Waals surface area contributed by atoms with Gasteiger partial charge in [-0.1, -0.05) is 67.1 Å². The molecule has 1 fully saturated rings. The van der Waals surface area contributed by atoms with E-state index >= 15 is 0 Å². The number of rotatable bonds is 5. The summed E-state index contributed by atoms with van der Waals surface area (Å²) in [6, 6.07) is 9.50. The molecule has 0 saturated carbocycles. The van der Waals surface area contributed by atoms with Crippen molar-refractivity contribution in [2.24, 2.45) is 0 Å². The molecule has 0 bridgehead atoms. The van der Waals surface area contributed by atoms with Gasteiger partial charge >= 0.3 is 0 Å². The van der Waals surface area contributed by atoms with Crippen molar-refractivity contribution in [1.82, 2.24) is 19.9 Å². The van der Waals surface area contributed by atoms with E-state index in [0.29, 0.717) is 28.9 Å². The number of nitrogens with one attached hydrogen (secondary N) is 1. The van der Waals surface area contributed by atoms with E-state index in [1.54, 1.807) is 0 Å². The first-order valence-corrected chi connectivity index (χ1v) is 10.8. The number of nitrogens with zero attached hydrogens (tertiary/aromatic N) is 4. The second-order valence-corrected chi connectivity index (χ2v) is 8.72. The van der Waals surface area contributed by atoms with E-state index in [2.05, 4.69) is 15.4 Å². The van der Waals surface area contributed by atoms with Crippen LogP contribution in [0.5, 0.6) is 0 Å². The third-order valence-corrected chi connectivity index (χ3v) is 6.33. The molecule has 1 amide bonds. The highest BCUT2D eigenvalue weighted by Crippen LogP contribution is 2.30. The number of hydrogen-bond acceptors (Lipinski definition) is 6. The third kappa shape index (κ3) is 3.86. The molecule has 7 nitrogen and oxygen atoms in total. The predicted octanol–water partition coefficient (Wildman–Crippen LogP) is 3.21. The molecule has 0 unspecified atom stereocenters. The van der Waals surface area contributed by atoms with Gasteiger partial charge in [0.25, 0.3) is 5.56 Å². The molecule has 1 N–H and O–H groups in total. The van der Waals surface area contributed by atoms with E-state index in [1.807, 2.05) is 49.1 Å². The number of carbonyl (C=O) groups excluding carboxylic acids is 1. The number of benzene rings is 1. The average molecular weight is 432 g/mol. The van der Waals surface area contributed by atoms with Gasteiger partial charge in [0.15, 0.2) is 0 Å². The van der Waals surface area contributed by atoms with Crippen LogP contribution in [0.1, 0.15) is 43.9 Å². The van der Waals surface area contributed by atoms with Crippen LogP contribution in [0.3, 0.4) is 0 Å². The van der Waals surface area contributed by atoms with Crippen LogP contribution in [0, 0.1) is 0 Å². The minimum atomic E-state index is -0.368. The van der Waals surface area contributed by atoms with E-state index in [9.17, 15) is 9.59 Å². The summed E-state index contributed by atoms with van der Waals surface area (Å²) in [5.74, 6) is 0.000802. The SMILES string of the molecule is CC(C)c1nc2sc(N3CCC[C@@H]3C(=O)NCc3ccccc3)nn2c(=O)c1Cl. The Kier molecular flexibility index (Phi) is 5.56. The molecule has 0 spiro atoms. The number of halogens is 1. The van der Waals surface area contributed by atoms with Gasteiger partial charge in [0.2, 0.25) is 16.0 Å². The van der Waals surface area contributed by atoms with Gasteiger partial charge in [-0.2, -0.15) is 4.52 Å². The fourth-order valence-corrected chi connectivity index (χ4v) is 4.82. The maximum atomic E-state index is 12.8.